The zero-order chi connectivity index (χ0) is 22.0. The molecule has 7 heteroatoms. The Hall–Kier alpha value is -3.87. The molecule has 1 aliphatic heterocycles. The number of benzene rings is 2. The molecule has 0 aliphatic carbocycles. The minimum Gasteiger partial charge on any atom is -0.496 e. The van der Waals surface area contributed by atoms with Gasteiger partial charge in [0.1, 0.15) is 17.2 Å². The minimum atomic E-state index is -0.559. The summed E-state index contributed by atoms with van der Waals surface area (Å²) in [6.45, 7) is 2.22. The van der Waals surface area contributed by atoms with Crippen molar-refractivity contribution in [3.05, 3.63) is 82.7 Å². The highest BCUT2D eigenvalue weighted by Gasteiger charge is 2.26. The first-order chi connectivity index (χ1) is 15.0. The van der Waals surface area contributed by atoms with Crippen LogP contribution in [0.15, 0.2) is 54.9 Å². The van der Waals surface area contributed by atoms with Crippen molar-refractivity contribution in [2.45, 2.75) is 19.4 Å². The predicted molar refractivity (Wildman–Crippen MR) is 114 cm³/mol. The number of nitrogens with two attached hydrogens (primary N) is 1. The molecule has 31 heavy (non-hydrogen) atoms. The first-order valence-electron chi connectivity index (χ1n) is 9.83. The molecule has 0 radical (unpaired) electrons. The molecule has 2 heterocycles. The normalized spacial score (nSPS) is 13.7. The number of amides is 1. The third-order valence-electron chi connectivity index (χ3n) is 5.29. The van der Waals surface area contributed by atoms with Gasteiger partial charge < -0.3 is 19.9 Å². The molecule has 1 aromatic heterocycles. The molecule has 1 aliphatic rings. The number of fused-ring (bicyclic) bond motifs is 1. The van der Waals surface area contributed by atoms with Crippen LogP contribution >= 0.6 is 0 Å². The van der Waals surface area contributed by atoms with Crippen molar-refractivity contribution in [1.82, 2.24) is 4.98 Å². The van der Waals surface area contributed by atoms with Gasteiger partial charge >= 0.3 is 0 Å². The fourth-order valence-corrected chi connectivity index (χ4v) is 3.64. The molecule has 0 spiro atoms. The van der Waals surface area contributed by atoms with E-state index in [4.69, 9.17) is 19.9 Å². The Labute approximate surface area is 179 Å². The van der Waals surface area contributed by atoms with Gasteiger partial charge in [-0.15, -0.1) is 0 Å². The van der Waals surface area contributed by atoms with E-state index in [0.29, 0.717) is 47.0 Å². The Balaban J connectivity index is 1.80. The van der Waals surface area contributed by atoms with Crippen LogP contribution in [0.3, 0.4) is 0 Å². The number of carbonyl (C=O) groups is 2. The number of rotatable bonds is 6. The third kappa shape index (κ3) is 3.94. The molecule has 0 fully saturated rings. The second-order valence-corrected chi connectivity index (χ2v) is 7.19. The number of hydrogen-bond donors (Lipinski definition) is 1. The number of ether oxygens (including phenoxy) is 3. The van der Waals surface area contributed by atoms with Gasteiger partial charge in [0.05, 0.1) is 19.3 Å². The lowest BCUT2D eigenvalue weighted by atomic mass is 9.98. The van der Waals surface area contributed by atoms with Crippen LogP contribution in [-0.2, 0) is 0 Å². The summed E-state index contributed by atoms with van der Waals surface area (Å²) in [5.74, 6) is 1.12. The van der Waals surface area contributed by atoms with Crippen molar-refractivity contribution in [2.75, 3.05) is 13.7 Å². The van der Waals surface area contributed by atoms with Crippen molar-refractivity contribution in [1.29, 1.82) is 0 Å². The fraction of sp³-hybridized carbons (Fsp3) is 0.208. The highest BCUT2D eigenvalue weighted by Crippen LogP contribution is 2.40. The molecule has 3 aromatic rings. The standard InChI is InChI=1S/C24H22N2O5/c1-14-20(6-5-17-19(27)9-12-30-22(14)17)31-23(15-7-10-26-11-8-15)18-4-3-16(24(25)28)13-21(18)29-2/h3-8,10-11,13,23H,9,12H2,1-2H3,(H2,25,28). The quantitative estimate of drug-likeness (QED) is 0.656. The van der Waals surface area contributed by atoms with Crippen LogP contribution in [0.5, 0.6) is 17.2 Å². The number of aromatic nitrogens is 1. The zero-order valence-corrected chi connectivity index (χ0v) is 17.3. The number of Topliss-reactive ketones (excluding diaryl/α,β-unsaturated/α-hetero) is 1. The zero-order valence-electron chi connectivity index (χ0n) is 17.3. The van der Waals surface area contributed by atoms with E-state index in [-0.39, 0.29) is 5.78 Å². The van der Waals surface area contributed by atoms with E-state index in [1.54, 1.807) is 42.7 Å². The van der Waals surface area contributed by atoms with Crippen LogP contribution in [0.25, 0.3) is 0 Å². The van der Waals surface area contributed by atoms with Gasteiger partial charge in [-0.2, -0.15) is 0 Å². The Bertz CT molecular complexity index is 1140. The van der Waals surface area contributed by atoms with E-state index < -0.39 is 12.0 Å². The first kappa shape index (κ1) is 20.4. The van der Waals surface area contributed by atoms with Crippen LogP contribution in [0.1, 0.15) is 49.9 Å². The highest BCUT2D eigenvalue weighted by atomic mass is 16.5. The number of primary amides is 1. The van der Waals surface area contributed by atoms with Crippen LogP contribution < -0.4 is 19.9 Å². The fourth-order valence-electron chi connectivity index (χ4n) is 3.64. The van der Waals surface area contributed by atoms with Gasteiger partial charge in [0.15, 0.2) is 11.9 Å². The van der Waals surface area contributed by atoms with Crippen LogP contribution in [0.4, 0.5) is 0 Å². The number of pyridine rings is 1. The van der Waals surface area contributed by atoms with Gasteiger partial charge in [-0.25, -0.2) is 0 Å². The Kier molecular flexibility index (Phi) is 5.58. The SMILES string of the molecule is COc1cc(C(N)=O)ccc1C(Oc1ccc2c(c1C)OCCC2=O)c1ccncc1. The van der Waals surface area contributed by atoms with E-state index in [9.17, 15) is 9.59 Å². The summed E-state index contributed by atoms with van der Waals surface area (Å²) in [6, 6.07) is 12.2. The molecule has 158 valence electrons. The maximum Gasteiger partial charge on any atom is 0.248 e. The highest BCUT2D eigenvalue weighted by molar-refractivity contribution is 6.00. The largest absolute Gasteiger partial charge is 0.496 e. The third-order valence-corrected chi connectivity index (χ3v) is 5.29. The van der Waals surface area contributed by atoms with Crippen molar-refractivity contribution in [3.63, 3.8) is 0 Å². The molecule has 0 saturated heterocycles. The van der Waals surface area contributed by atoms with Gasteiger partial charge in [0.2, 0.25) is 5.91 Å². The van der Waals surface area contributed by atoms with Gasteiger partial charge in [-0.05, 0) is 43.3 Å². The molecule has 0 bridgehead atoms. The van der Waals surface area contributed by atoms with Gasteiger partial charge in [0.25, 0.3) is 0 Å². The van der Waals surface area contributed by atoms with Gasteiger partial charge in [-0.1, -0.05) is 6.07 Å². The maximum atomic E-state index is 12.2. The van der Waals surface area contributed by atoms with E-state index in [1.165, 1.54) is 7.11 Å². The lowest BCUT2D eigenvalue weighted by Crippen LogP contribution is -2.18. The number of hydrogen-bond acceptors (Lipinski definition) is 6. The lowest BCUT2D eigenvalue weighted by Gasteiger charge is -2.25. The maximum absolute atomic E-state index is 12.2. The number of carbonyl (C=O) groups excluding carboxylic acids is 2. The van der Waals surface area contributed by atoms with E-state index >= 15 is 0 Å². The summed E-state index contributed by atoms with van der Waals surface area (Å²) in [5, 5.41) is 0. The number of ketones is 1. The second kappa shape index (κ2) is 8.47. The molecule has 1 amide bonds. The summed E-state index contributed by atoms with van der Waals surface area (Å²) in [5.41, 5.74) is 8.63. The van der Waals surface area contributed by atoms with Gasteiger partial charge in [0, 0.05) is 41.1 Å². The smallest absolute Gasteiger partial charge is 0.248 e. The average Bonchev–Trinajstić information content (AvgIpc) is 2.79. The topological polar surface area (TPSA) is 101 Å². The summed E-state index contributed by atoms with van der Waals surface area (Å²) in [4.78, 5) is 27.9. The van der Waals surface area contributed by atoms with Crippen LogP contribution in [0.2, 0.25) is 0 Å². The first-order valence-corrected chi connectivity index (χ1v) is 9.83. The molecule has 2 N–H and O–H groups in total. The second-order valence-electron chi connectivity index (χ2n) is 7.19. The van der Waals surface area contributed by atoms with Crippen molar-refractivity contribution < 1.29 is 23.8 Å². The number of nitrogens with zero attached hydrogens (tertiary/aromatic N) is 1. The Morgan fingerprint density at radius 1 is 1.13 bits per heavy atom. The Morgan fingerprint density at radius 3 is 2.61 bits per heavy atom. The summed E-state index contributed by atoms with van der Waals surface area (Å²) >= 11 is 0. The average molecular weight is 418 g/mol. The molecule has 7 nitrogen and oxygen atoms in total. The van der Waals surface area contributed by atoms with Crippen molar-refractivity contribution in [3.8, 4) is 17.2 Å². The van der Waals surface area contributed by atoms with E-state index in [0.717, 1.165) is 11.1 Å². The van der Waals surface area contributed by atoms with Crippen LogP contribution in [-0.4, -0.2) is 30.4 Å². The molecule has 2 aromatic carbocycles. The molecular weight excluding hydrogens is 396 g/mol. The molecule has 1 unspecified atom stereocenters. The van der Waals surface area contributed by atoms with Gasteiger partial charge in [-0.3, -0.25) is 14.6 Å². The number of methoxy groups -OCH3 is 1. The summed E-state index contributed by atoms with van der Waals surface area (Å²) in [6.07, 6.45) is 3.17. The van der Waals surface area contributed by atoms with E-state index in [1.807, 2.05) is 19.1 Å². The van der Waals surface area contributed by atoms with E-state index in [2.05, 4.69) is 4.98 Å². The van der Waals surface area contributed by atoms with Crippen molar-refractivity contribution >= 4 is 11.7 Å². The lowest BCUT2D eigenvalue weighted by molar-refractivity contribution is 0.0931. The molecule has 0 saturated carbocycles. The minimum absolute atomic E-state index is 0.0605. The monoisotopic (exact) mass is 418 g/mol. The summed E-state index contributed by atoms with van der Waals surface area (Å²) in [7, 11) is 1.52. The summed E-state index contributed by atoms with van der Waals surface area (Å²) < 4.78 is 17.7. The predicted octanol–water partition coefficient (Wildman–Crippen LogP) is 3.63. The Morgan fingerprint density at radius 2 is 1.90 bits per heavy atom. The molecule has 1 atom stereocenters. The van der Waals surface area contributed by atoms with Crippen molar-refractivity contribution in [2.24, 2.45) is 5.73 Å². The molecular formula is C24H22N2O5. The molecule has 4 rings (SSSR count). The van der Waals surface area contributed by atoms with Crippen LogP contribution in [0, 0.1) is 6.92 Å².